The standard InChI is InChI=1S/C9H9NO3S.2C2H6/c1-6-9(11)7-4-2-3-5-8(7)14(12,13)10-6;2*1-2/h2-6,10H,1H3;2*1-2H3. The molecule has 0 saturated carbocycles. The minimum atomic E-state index is -3.49. The Labute approximate surface area is 109 Å². The lowest BCUT2D eigenvalue weighted by Crippen LogP contribution is -2.43. The summed E-state index contributed by atoms with van der Waals surface area (Å²) < 4.78 is 25.4. The van der Waals surface area contributed by atoms with Gasteiger partial charge in [-0.1, -0.05) is 39.8 Å². The van der Waals surface area contributed by atoms with E-state index in [2.05, 4.69) is 4.72 Å². The number of hydrogen-bond donors (Lipinski definition) is 1. The monoisotopic (exact) mass is 271 g/mol. The Morgan fingerprint density at radius 1 is 1.06 bits per heavy atom. The van der Waals surface area contributed by atoms with Gasteiger partial charge in [0.25, 0.3) is 0 Å². The fourth-order valence-corrected chi connectivity index (χ4v) is 2.90. The van der Waals surface area contributed by atoms with Gasteiger partial charge in [-0.05, 0) is 19.1 Å². The SMILES string of the molecule is CC.CC.CC1NS(=O)(=O)c2ccccc2C1=O. The number of rotatable bonds is 0. The van der Waals surface area contributed by atoms with Gasteiger partial charge >= 0.3 is 0 Å². The van der Waals surface area contributed by atoms with Gasteiger partial charge in [-0.2, -0.15) is 0 Å². The summed E-state index contributed by atoms with van der Waals surface area (Å²) >= 11 is 0. The molecule has 1 aromatic carbocycles. The number of sulfonamides is 1. The molecule has 0 saturated heterocycles. The molecule has 4 nitrogen and oxygen atoms in total. The van der Waals surface area contributed by atoms with Crippen LogP contribution in [-0.2, 0) is 10.0 Å². The highest BCUT2D eigenvalue weighted by molar-refractivity contribution is 7.89. The highest BCUT2D eigenvalue weighted by Crippen LogP contribution is 2.21. The van der Waals surface area contributed by atoms with Crippen LogP contribution in [0.2, 0.25) is 0 Å². The molecule has 0 fully saturated rings. The van der Waals surface area contributed by atoms with E-state index in [0.717, 1.165) is 0 Å². The molecular formula is C13H21NO3S. The fraction of sp³-hybridized carbons (Fsp3) is 0.462. The van der Waals surface area contributed by atoms with Crippen molar-refractivity contribution in [3.63, 3.8) is 0 Å². The van der Waals surface area contributed by atoms with Crippen LogP contribution in [0.25, 0.3) is 0 Å². The second-order valence-corrected chi connectivity index (χ2v) is 4.89. The zero-order valence-electron chi connectivity index (χ0n) is 11.5. The molecular weight excluding hydrogens is 250 g/mol. The lowest BCUT2D eigenvalue weighted by Gasteiger charge is -2.21. The normalized spacial score (nSPS) is 19.6. The Morgan fingerprint density at radius 3 is 2.11 bits per heavy atom. The van der Waals surface area contributed by atoms with Gasteiger partial charge in [0.05, 0.1) is 10.9 Å². The van der Waals surface area contributed by atoms with Crippen molar-refractivity contribution in [1.82, 2.24) is 4.72 Å². The summed E-state index contributed by atoms with van der Waals surface area (Å²) in [5.41, 5.74) is 0.277. The number of carbonyl (C=O) groups excluding carboxylic acids is 1. The third-order valence-electron chi connectivity index (χ3n) is 2.17. The summed E-state index contributed by atoms with van der Waals surface area (Å²) in [7, 11) is -3.49. The number of carbonyl (C=O) groups is 1. The summed E-state index contributed by atoms with van der Waals surface area (Å²) in [6, 6.07) is 5.55. The Balaban J connectivity index is 0.000000659. The van der Waals surface area contributed by atoms with Crippen LogP contribution in [-0.4, -0.2) is 20.2 Å². The third kappa shape index (κ3) is 3.40. The number of nitrogens with one attached hydrogen (secondary N) is 1. The van der Waals surface area contributed by atoms with E-state index in [4.69, 9.17) is 0 Å². The molecule has 0 amide bonds. The van der Waals surface area contributed by atoms with Crippen molar-refractivity contribution < 1.29 is 13.2 Å². The van der Waals surface area contributed by atoms with Crippen LogP contribution < -0.4 is 4.72 Å². The maximum absolute atomic E-state index is 11.6. The number of ketones is 1. The average molecular weight is 271 g/mol. The van der Waals surface area contributed by atoms with Crippen molar-refractivity contribution in [3.05, 3.63) is 29.8 Å². The molecule has 0 bridgehead atoms. The Bertz CT molecular complexity index is 495. The molecule has 0 aliphatic carbocycles. The van der Waals surface area contributed by atoms with Crippen molar-refractivity contribution in [3.8, 4) is 0 Å². The summed E-state index contributed by atoms with van der Waals surface area (Å²) in [6.45, 7) is 9.54. The van der Waals surface area contributed by atoms with Gasteiger partial charge in [-0.25, -0.2) is 13.1 Å². The van der Waals surface area contributed by atoms with Crippen LogP contribution in [0.4, 0.5) is 0 Å². The molecule has 0 radical (unpaired) electrons. The largest absolute Gasteiger partial charge is 0.292 e. The minimum Gasteiger partial charge on any atom is -0.292 e. The van der Waals surface area contributed by atoms with E-state index < -0.39 is 16.1 Å². The van der Waals surface area contributed by atoms with Crippen molar-refractivity contribution >= 4 is 15.8 Å². The van der Waals surface area contributed by atoms with Crippen LogP contribution in [0.3, 0.4) is 0 Å². The van der Waals surface area contributed by atoms with Gasteiger partial charge < -0.3 is 0 Å². The summed E-state index contributed by atoms with van der Waals surface area (Å²) in [5.74, 6) is -0.185. The first-order valence-corrected chi connectivity index (χ1v) is 7.66. The Kier molecular flexibility index (Phi) is 6.80. The first-order valence-electron chi connectivity index (χ1n) is 6.18. The molecule has 5 heteroatoms. The van der Waals surface area contributed by atoms with E-state index in [0.29, 0.717) is 0 Å². The molecule has 1 N–H and O–H groups in total. The van der Waals surface area contributed by atoms with E-state index in [1.807, 2.05) is 27.7 Å². The first-order chi connectivity index (χ1) is 8.52. The van der Waals surface area contributed by atoms with E-state index in [1.165, 1.54) is 19.1 Å². The quantitative estimate of drug-likeness (QED) is 0.789. The van der Waals surface area contributed by atoms with E-state index in [9.17, 15) is 13.2 Å². The number of benzene rings is 1. The second kappa shape index (κ2) is 7.28. The lowest BCUT2D eigenvalue weighted by atomic mass is 10.1. The van der Waals surface area contributed by atoms with Gasteiger partial charge in [0.1, 0.15) is 0 Å². The van der Waals surface area contributed by atoms with Gasteiger partial charge in [0, 0.05) is 5.56 Å². The smallest absolute Gasteiger partial charge is 0.241 e. The predicted octanol–water partition coefficient (Wildman–Crippen LogP) is 2.60. The molecule has 18 heavy (non-hydrogen) atoms. The van der Waals surface area contributed by atoms with Crippen molar-refractivity contribution in [1.29, 1.82) is 0 Å². The van der Waals surface area contributed by atoms with Crippen molar-refractivity contribution in [2.24, 2.45) is 0 Å². The minimum absolute atomic E-state index is 0.0723. The predicted molar refractivity (Wildman–Crippen MR) is 73.3 cm³/mol. The number of Topliss-reactive ketones (excluding diaryl/α,β-unsaturated/α-hetero) is 1. The maximum Gasteiger partial charge on any atom is 0.241 e. The maximum atomic E-state index is 11.6. The number of fused-ring (bicyclic) bond motifs is 1. The average Bonchev–Trinajstić information content (AvgIpc) is 2.41. The molecule has 1 aromatic rings. The zero-order chi connectivity index (χ0) is 14.3. The molecule has 2 rings (SSSR count). The Morgan fingerprint density at radius 2 is 1.56 bits per heavy atom. The van der Waals surface area contributed by atoms with Crippen molar-refractivity contribution in [2.45, 2.75) is 45.6 Å². The molecule has 1 atom stereocenters. The second-order valence-electron chi connectivity index (χ2n) is 3.20. The van der Waals surface area contributed by atoms with Gasteiger partial charge in [-0.15, -0.1) is 0 Å². The van der Waals surface area contributed by atoms with E-state index in [1.54, 1.807) is 12.1 Å². The molecule has 1 unspecified atom stereocenters. The fourth-order valence-electron chi connectivity index (χ4n) is 1.49. The molecule has 1 aliphatic rings. The summed E-state index contributed by atoms with van der Waals surface area (Å²) in [5, 5.41) is 0. The molecule has 1 aliphatic heterocycles. The van der Waals surface area contributed by atoms with Crippen molar-refractivity contribution in [2.75, 3.05) is 0 Å². The third-order valence-corrected chi connectivity index (χ3v) is 3.77. The van der Waals surface area contributed by atoms with Gasteiger partial charge in [0.15, 0.2) is 5.78 Å². The van der Waals surface area contributed by atoms with Crippen LogP contribution in [0.15, 0.2) is 29.2 Å². The molecule has 1 heterocycles. The molecule has 0 aromatic heterocycles. The summed E-state index contributed by atoms with van der Waals surface area (Å²) in [6.07, 6.45) is 0. The summed E-state index contributed by atoms with van der Waals surface area (Å²) in [4.78, 5) is 11.6. The Hall–Kier alpha value is -1.20. The van der Waals surface area contributed by atoms with Gasteiger partial charge in [0.2, 0.25) is 10.0 Å². The highest BCUT2D eigenvalue weighted by Gasteiger charge is 2.32. The highest BCUT2D eigenvalue weighted by atomic mass is 32.2. The van der Waals surface area contributed by atoms with Crippen LogP contribution in [0.1, 0.15) is 45.0 Å². The lowest BCUT2D eigenvalue weighted by molar-refractivity contribution is 0.0953. The topological polar surface area (TPSA) is 63.2 Å². The first kappa shape index (κ1) is 16.8. The van der Waals surface area contributed by atoms with Crippen LogP contribution in [0, 0.1) is 0 Å². The van der Waals surface area contributed by atoms with Gasteiger partial charge in [-0.3, -0.25) is 4.79 Å². The number of hydrogen-bond acceptors (Lipinski definition) is 3. The van der Waals surface area contributed by atoms with Crippen LogP contribution >= 0.6 is 0 Å². The molecule has 0 spiro atoms. The van der Waals surface area contributed by atoms with Crippen LogP contribution in [0.5, 0.6) is 0 Å². The molecule has 102 valence electrons. The van der Waals surface area contributed by atoms with E-state index >= 15 is 0 Å². The van der Waals surface area contributed by atoms with E-state index in [-0.39, 0.29) is 16.2 Å². The zero-order valence-corrected chi connectivity index (χ0v) is 12.3.